The van der Waals surface area contributed by atoms with Crippen LogP contribution in [0.25, 0.3) is 0 Å². The number of amides is 2. The van der Waals surface area contributed by atoms with Crippen molar-refractivity contribution in [2.45, 2.75) is 6.92 Å². The fourth-order valence-corrected chi connectivity index (χ4v) is 1.81. The van der Waals surface area contributed by atoms with Gasteiger partial charge in [0.05, 0.1) is 17.9 Å². The first-order valence-corrected chi connectivity index (χ1v) is 6.39. The Hall–Kier alpha value is -2.83. The Morgan fingerprint density at radius 3 is 2.52 bits per heavy atom. The molecule has 2 aromatic rings. The summed E-state index contributed by atoms with van der Waals surface area (Å²) in [5.74, 6) is -0.636. The third kappa shape index (κ3) is 3.82. The van der Waals surface area contributed by atoms with Gasteiger partial charge >= 0.3 is 0 Å². The Balaban J connectivity index is 1.87. The van der Waals surface area contributed by atoms with Gasteiger partial charge in [0.1, 0.15) is 0 Å². The number of carbonyl (C=O) groups is 2. The van der Waals surface area contributed by atoms with Crippen molar-refractivity contribution < 1.29 is 9.59 Å². The van der Waals surface area contributed by atoms with Gasteiger partial charge in [-0.05, 0) is 31.2 Å². The molecule has 0 saturated heterocycles. The zero-order valence-corrected chi connectivity index (χ0v) is 11.9. The van der Waals surface area contributed by atoms with E-state index in [0.717, 1.165) is 5.69 Å². The Bertz CT molecular complexity index is 661. The summed E-state index contributed by atoms with van der Waals surface area (Å²) in [6, 6.07) is 6.48. The molecule has 0 unspecified atom stereocenters. The predicted molar refractivity (Wildman–Crippen MR) is 79.8 cm³/mol. The number of hydrogen-bond donors (Lipinski definition) is 3. The number of carbonyl (C=O) groups excluding carboxylic acids is 2. The molecule has 7 nitrogen and oxygen atoms in total. The van der Waals surface area contributed by atoms with E-state index in [9.17, 15) is 9.59 Å². The number of anilines is 2. The number of aryl methyl sites for hydroxylation is 2. The number of nitrogens with two attached hydrogens (primary N) is 1. The molecule has 1 aromatic carbocycles. The van der Waals surface area contributed by atoms with Gasteiger partial charge in [-0.2, -0.15) is 5.10 Å². The average Bonchev–Trinajstić information content (AvgIpc) is 2.75. The minimum atomic E-state index is -0.326. The maximum atomic E-state index is 11.8. The molecule has 0 saturated carbocycles. The molecule has 0 aliphatic rings. The molecule has 21 heavy (non-hydrogen) atoms. The lowest BCUT2D eigenvalue weighted by molar-refractivity contribution is -0.115. The summed E-state index contributed by atoms with van der Waals surface area (Å²) >= 11 is 0. The van der Waals surface area contributed by atoms with Crippen molar-refractivity contribution >= 4 is 23.2 Å². The molecule has 7 heteroatoms. The molecule has 1 aromatic heterocycles. The van der Waals surface area contributed by atoms with Gasteiger partial charge in [0, 0.05) is 24.5 Å². The highest BCUT2D eigenvalue weighted by Gasteiger charge is 2.10. The fourth-order valence-electron chi connectivity index (χ4n) is 1.81. The van der Waals surface area contributed by atoms with Crippen LogP contribution >= 0.6 is 0 Å². The average molecular weight is 287 g/mol. The van der Waals surface area contributed by atoms with Crippen LogP contribution in [0.5, 0.6) is 0 Å². The van der Waals surface area contributed by atoms with E-state index in [1.807, 2.05) is 0 Å². The van der Waals surface area contributed by atoms with Crippen molar-refractivity contribution in [3.05, 3.63) is 41.7 Å². The Morgan fingerprint density at radius 1 is 1.29 bits per heavy atom. The van der Waals surface area contributed by atoms with Gasteiger partial charge in [-0.3, -0.25) is 14.3 Å². The summed E-state index contributed by atoms with van der Waals surface area (Å²) in [6.45, 7) is 1.68. The van der Waals surface area contributed by atoms with Crippen LogP contribution in [-0.2, 0) is 11.8 Å². The second kappa shape index (κ2) is 6.08. The quantitative estimate of drug-likeness (QED) is 0.719. The molecule has 0 radical (unpaired) electrons. The van der Waals surface area contributed by atoms with E-state index in [1.54, 1.807) is 49.1 Å². The van der Waals surface area contributed by atoms with Gasteiger partial charge in [-0.25, -0.2) is 0 Å². The molecule has 0 bridgehead atoms. The van der Waals surface area contributed by atoms with E-state index in [1.165, 1.54) is 0 Å². The summed E-state index contributed by atoms with van der Waals surface area (Å²) in [5.41, 5.74) is 7.93. The van der Waals surface area contributed by atoms with E-state index < -0.39 is 0 Å². The number of nitrogens with one attached hydrogen (secondary N) is 2. The van der Waals surface area contributed by atoms with Crippen molar-refractivity contribution in [3.63, 3.8) is 0 Å². The first-order valence-electron chi connectivity index (χ1n) is 6.39. The standard InChI is InChI=1S/C14H17N5O2/c1-9-12(8-19(2)18-9)17-13(20)7-16-14(21)10-3-5-11(15)6-4-10/h3-6,8H,7,15H2,1-2H3,(H,16,21)(H,17,20). The minimum Gasteiger partial charge on any atom is -0.399 e. The van der Waals surface area contributed by atoms with Gasteiger partial charge in [-0.1, -0.05) is 0 Å². The first kappa shape index (κ1) is 14.6. The second-order valence-corrected chi connectivity index (χ2v) is 4.65. The van der Waals surface area contributed by atoms with E-state index >= 15 is 0 Å². The van der Waals surface area contributed by atoms with Crippen LogP contribution in [0.15, 0.2) is 30.5 Å². The summed E-state index contributed by atoms with van der Waals surface area (Å²) in [5, 5.41) is 9.35. The lowest BCUT2D eigenvalue weighted by atomic mass is 10.2. The van der Waals surface area contributed by atoms with Crippen LogP contribution in [0, 0.1) is 6.92 Å². The highest BCUT2D eigenvalue weighted by atomic mass is 16.2. The van der Waals surface area contributed by atoms with Crippen LogP contribution in [0.1, 0.15) is 16.1 Å². The molecular weight excluding hydrogens is 270 g/mol. The molecule has 2 rings (SSSR count). The van der Waals surface area contributed by atoms with E-state index in [4.69, 9.17) is 5.73 Å². The van der Waals surface area contributed by atoms with Gasteiger partial charge in [0.2, 0.25) is 5.91 Å². The fraction of sp³-hybridized carbons (Fsp3) is 0.214. The van der Waals surface area contributed by atoms with Crippen LogP contribution in [0.3, 0.4) is 0 Å². The van der Waals surface area contributed by atoms with Crippen LogP contribution in [0.2, 0.25) is 0 Å². The largest absolute Gasteiger partial charge is 0.399 e. The van der Waals surface area contributed by atoms with Crippen LogP contribution in [0.4, 0.5) is 11.4 Å². The number of rotatable bonds is 4. The summed E-state index contributed by atoms with van der Waals surface area (Å²) in [6.07, 6.45) is 1.70. The molecule has 1 heterocycles. The SMILES string of the molecule is Cc1nn(C)cc1NC(=O)CNC(=O)c1ccc(N)cc1. The zero-order chi connectivity index (χ0) is 15.4. The number of nitrogen functional groups attached to an aromatic ring is 1. The van der Waals surface area contributed by atoms with Crippen molar-refractivity contribution in [1.82, 2.24) is 15.1 Å². The zero-order valence-electron chi connectivity index (χ0n) is 11.9. The van der Waals surface area contributed by atoms with Gasteiger partial charge in [0.25, 0.3) is 5.91 Å². The molecular formula is C14H17N5O2. The molecule has 2 amide bonds. The van der Waals surface area contributed by atoms with Crippen molar-refractivity contribution in [2.75, 3.05) is 17.6 Å². The van der Waals surface area contributed by atoms with Crippen molar-refractivity contribution in [3.8, 4) is 0 Å². The van der Waals surface area contributed by atoms with Crippen molar-refractivity contribution in [2.24, 2.45) is 7.05 Å². The molecule has 0 atom stereocenters. The summed E-state index contributed by atoms with van der Waals surface area (Å²) < 4.78 is 1.61. The lowest BCUT2D eigenvalue weighted by Crippen LogP contribution is -2.32. The number of hydrogen-bond acceptors (Lipinski definition) is 4. The normalized spacial score (nSPS) is 10.2. The number of benzene rings is 1. The maximum absolute atomic E-state index is 11.8. The third-order valence-electron chi connectivity index (χ3n) is 2.87. The molecule has 110 valence electrons. The molecule has 0 aliphatic heterocycles. The summed E-state index contributed by atoms with van der Waals surface area (Å²) in [4.78, 5) is 23.6. The van der Waals surface area contributed by atoms with E-state index in [2.05, 4.69) is 15.7 Å². The van der Waals surface area contributed by atoms with E-state index in [0.29, 0.717) is 16.9 Å². The minimum absolute atomic E-state index is 0.114. The molecule has 0 spiro atoms. The molecule has 0 fully saturated rings. The van der Waals surface area contributed by atoms with Gasteiger partial charge < -0.3 is 16.4 Å². The highest BCUT2D eigenvalue weighted by Crippen LogP contribution is 2.10. The predicted octanol–water partition coefficient (Wildman–Crippen LogP) is 0.679. The lowest BCUT2D eigenvalue weighted by Gasteiger charge is -2.06. The van der Waals surface area contributed by atoms with Crippen molar-refractivity contribution in [1.29, 1.82) is 0 Å². The first-order chi connectivity index (χ1) is 9.95. The van der Waals surface area contributed by atoms with Gasteiger partial charge in [0.15, 0.2) is 0 Å². The maximum Gasteiger partial charge on any atom is 0.251 e. The molecule has 0 aliphatic carbocycles. The highest BCUT2D eigenvalue weighted by molar-refractivity contribution is 5.99. The van der Waals surface area contributed by atoms with Crippen LogP contribution in [-0.4, -0.2) is 28.1 Å². The molecule has 4 N–H and O–H groups in total. The third-order valence-corrected chi connectivity index (χ3v) is 2.87. The Morgan fingerprint density at radius 2 is 1.95 bits per heavy atom. The Kier molecular flexibility index (Phi) is 4.22. The second-order valence-electron chi connectivity index (χ2n) is 4.65. The van der Waals surface area contributed by atoms with E-state index in [-0.39, 0.29) is 18.4 Å². The Labute approximate surface area is 122 Å². The van der Waals surface area contributed by atoms with Gasteiger partial charge in [-0.15, -0.1) is 0 Å². The number of nitrogens with zero attached hydrogens (tertiary/aromatic N) is 2. The number of aromatic nitrogens is 2. The summed E-state index contributed by atoms with van der Waals surface area (Å²) in [7, 11) is 1.77. The monoisotopic (exact) mass is 287 g/mol. The van der Waals surface area contributed by atoms with Crippen LogP contribution < -0.4 is 16.4 Å². The smallest absolute Gasteiger partial charge is 0.251 e. The topological polar surface area (TPSA) is 102 Å².